The van der Waals surface area contributed by atoms with Gasteiger partial charge in [-0.25, -0.2) is 4.98 Å². The van der Waals surface area contributed by atoms with Gasteiger partial charge in [-0.05, 0) is 45.4 Å². The summed E-state index contributed by atoms with van der Waals surface area (Å²) in [6.45, 7) is 9.86. The van der Waals surface area contributed by atoms with Gasteiger partial charge in [0.25, 0.3) is 0 Å². The van der Waals surface area contributed by atoms with Crippen molar-refractivity contribution in [2.24, 2.45) is 0 Å². The second-order valence-corrected chi connectivity index (χ2v) is 5.95. The monoisotopic (exact) mass is 324 g/mol. The number of aryl methyl sites for hydroxylation is 2. The molecule has 0 fully saturated rings. The van der Waals surface area contributed by atoms with Crippen LogP contribution in [0.2, 0.25) is 0 Å². The maximum atomic E-state index is 4.27. The molecule has 3 rings (SSSR count). The van der Waals surface area contributed by atoms with E-state index in [-0.39, 0.29) is 6.04 Å². The van der Waals surface area contributed by atoms with Crippen molar-refractivity contribution in [2.45, 2.75) is 46.8 Å². The van der Waals surface area contributed by atoms with Crippen LogP contribution in [0.25, 0.3) is 5.69 Å². The third-order valence-electron chi connectivity index (χ3n) is 4.39. The summed E-state index contributed by atoms with van der Waals surface area (Å²) in [5.74, 6) is 2.93. The lowest BCUT2D eigenvalue weighted by molar-refractivity contribution is 0.537. The van der Waals surface area contributed by atoms with E-state index >= 15 is 0 Å². The first-order valence-corrected chi connectivity index (χ1v) is 8.32. The third-order valence-corrected chi connectivity index (χ3v) is 4.39. The number of hydrogen-bond acceptors (Lipinski definition) is 4. The van der Waals surface area contributed by atoms with Crippen molar-refractivity contribution in [3.8, 4) is 5.69 Å². The fourth-order valence-electron chi connectivity index (χ4n) is 2.90. The summed E-state index contributed by atoms with van der Waals surface area (Å²) < 4.78 is 4.21. The average molecular weight is 324 g/mol. The first kappa shape index (κ1) is 16.4. The van der Waals surface area contributed by atoms with Crippen molar-refractivity contribution < 1.29 is 0 Å². The van der Waals surface area contributed by atoms with Gasteiger partial charge in [0.2, 0.25) is 0 Å². The normalized spacial score (nSPS) is 12.5. The largest absolute Gasteiger partial charge is 0.314 e. The molecule has 126 valence electrons. The van der Waals surface area contributed by atoms with Gasteiger partial charge in [0, 0.05) is 30.7 Å². The molecule has 3 aromatic rings. The Hall–Kier alpha value is -2.47. The maximum Gasteiger partial charge on any atom is 0.147 e. The quantitative estimate of drug-likeness (QED) is 0.757. The Bertz CT molecular complexity index is 799. The minimum absolute atomic E-state index is 0.241. The molecule has 0 spiro atoms. The summed E-state index contributed by atoms with van der Waals surface area (Å²) in [6.07, 6.45) is 3.80. The van der Waals surface area contributed by atoms with E-state index in [0.717, 1.165) is 29.7 Å². The predicted molar refractivity (Wildman–Crippen MR) is 94.0 cm³/mol. The number of nitrogens with one attached hydrogen (secondary N) is 1. The van der Waals surface area contributed by atoms with Crippen LogP contribution >= 0.6 is 0 Å². The van der Waals surface area contributed by atoms with Crippen LogP contribution in [-0.4, -0.2) is 24.3 Å². The number of aromatic nitrogens is 5. The lowest BCUT2D eigenvalue weighted by Gasteiger charge is -2.15. The van der Waals surface area contributed by atoms with Crippen molar-refractivity contribution in [1.29, 1.82) is 0 Å². The van der Waals surface area contributed by atoms with Crippen LogP contribution in [0.15, 0.2) is 36.7 Å². The predicted octanol–water partition coefficient (Wildman–Crippen LogP) is 2.95. The maximum absolute atomic E-state index is 4.27. The molecular formula is C18H24N6. The van der Waals surface area contributed by atoms with Gasteiger partial charge in [-0.2, -0.15) is 0 Å². The summed E-state index contributed by atoms with van der Waals surface area (Å²) in [5, 5.41) is 11.9. The molecule has 0 aliphatic rings. The number of benzene rings is 1. The highest BCUT2D eigenvalue weighted by Crippen LogP contribution is 2.17. The average Bonchev–Trinajstić information content (AvgIpc) is 3.18. The molecule has 1 aromatic carbocycles. The molecule has 0 amide bonds. The fraction of sp³-hybridized carbons (Fsp3) is 0.389. The van der Waals surface area contributed by atoms with Gasteiger partial charge < -0.3 is 14.5 Å². The van der Waals surface area contributed by atoms with Crippen molar-refractivity contribution in [3.63, 3.8) is 0 Å². The van der Waals surface area contributed by atoms with Crippen LogP contribution in [0.5, 0.6) is 0 Å². The second-order valence-electron chi connectivity index (χ2n) is 5.95. The summed E-state index contributed by atoms with van der Waals surface area (Å²) in [5.41, 5.74) is 2.37. The van der Waals surface area contributed by atoms with Crippen molar-refractivity contribution in [2.75, 3.05) is 0 Å². The SMILES string of the molecule is CCn1c(C)nnc1CN[C@@H](C)c1ccc(-n2ccnc2C)cc1. The molecular weight excluding hydrogens is 300 g/mol. The Balaban J connectivity index is 1.67. The summed E-state index contributed by atoms with van der Waals surface area (Å²) >= 11 is 0. The Morgan fingerprint density at radius 2 is 1.83 bits per heavy atom. The highest BCUT2D eigenvalue weighted by molar-refractivity contribution is 5.36. The van der Waals surface area contributed by atoms with Gasteiger partial charge in [0.1, 0.15) is 17.5 Å². The van der Waals surface area contributed by atoms with Crippen molar-refractivity contribution in [1.82, 2.24) is 29.6 Å². The number of imidazole rings is 1. The number of nitrogens with zero attached hydrogens (tertiary/aromatic N) is 5. The van der Waals surface area contributed by atoms with Gasteiger partial charge in [0.15, 0.2) is 0 Å². The van der Waals surface area contributed by atoms with Gasteiger partial charge in [0.05, 0.1) is 6.54 Å². The zero-order valence-corrected chi connectivity index (χ0v) is 14.7. The van der Waals surface area contributed by atoms with Gasteiger partial charge in [-0.1, -0.05) is 12.1 Å². The number of hydrogen-bond donors (Lipinski definition) is 1. The first-order chi connectivity index (χ1) is 11.6. The lowest BCUT2D eigenvalue weighted by Crippen LogP contribution is -2.21. The molecule has 0 aliphatic heterocycles. The summed E-state index contributed by atoms with van der Waals surface area (Å²) in [4.78, 5) is 4.27. The van der Waals surface area contributed by atoms with E-state index < -0.39 is 0 Å². The van der Waals surface area contributed by atoms with Crippen molar-refractivity contribution in [3.05, 3.63) is 59.7 Å². The van der Waals surface area contributed by atoms with Crippen molar-refractivity contribution >= 4 is 0 Å². The minimum Gasteiger partial charge on any atom is -0.314 e. The molecule has 1 N–H and O–H groups in total. The summed E-state index contributed by atoms with van der Waals surface area (Å²) in [7, 11) is 0. The van der Waals surface area contributed by atoms with E-state index in [9.17, 15) is 0 Å². The molecule has 0 saturated carbocycles. The second kappa shape index (κ2) is 6.97. The zero-order valence-electron chi connectivity index (χ0n) is 14.7. The van der Waals surface area contributed by atoms with Crippen LogP contribution in [0, 0.1) is 13.8 Å². The van der Waals surface area contributed by atoms with E-state index in [1.807, 2.05) is 26.2 Å². The molecule has 1 atom stereocenters. The van der Waals surface area contributed by atoms with Crippen LogP contribution in [0.3, 0.4) is 0 Å². The molecule has 0 aliphatic carbocycles. The van der Waals surface area contributed by atoms with E-state index in [0.29, 0.717) is 6.54 Å². The van der Waals surface area contributed by atoms with Crippen LogP contribution in [0.1, 0.15) is 42.9 Å². The Morgan fingerprint density at radius 1 is 1.08 bits per heavy atom. The highest BCUT2D eigenvalue weighted by atomic mass is 15.3. The number of rotatable bonds is 6. The Labute approximate surface area is 142 Å². The smallest absolute Gasteiger partial charge is 0.147 e. The first-order valence-electron chi connectivity index (χ1n) is 8.32. The van der Waals surface area contributed by atoms with Crippen LogP contribution in [0.4, 0.5) is 0 Å². The molecule has 6 nitrogen and oxygen atoms in total. The zero-order chi connectivity index (χ0) is 17.1. The van der Waals surface area contributed by atoms with E-state index in [1.54, 1.807) is 0 Å². The Morgan fingerprint density at radius 3 is 2.46 bits per heavy atom. The van der Waals surface area contributed by atoms with Crippen LogP contribution < -0.4 is 5.32 Å². The molecule has 0 unspecified atom stereocenters. The molecule has 2 heterocycles. The third kappa shape index (κ3) is 3.23. The molecule has 6 heteroatoms. The minimum atomic E-state index is 0.241. The topological polar surface area (TPSA) is 60.6 Å². The van der Waals surface area contributed by atoms with E-state index in [1.165, 1.54) is 5.56 Å². The molecule has 24 heavy (non-hydrogen) atoms. The molecule has 2 aromatic heterocycles. The van der Waals surface area contributed by atoms with Gasteiger partial charge >= 0.3 is 0 Å². The molecule has 0 radical (unpaired) electrons. The fourth-order valence-corrected chi connectivity index (χ4v) is 2.90. The lowest BCUT2D eigenvalue weighted by atomic mass is 10.1. The highest BCUT2D eigenvalue weighted by Gasteiger charge is 2.10. The van der Waals surface area contributed by atoms with E-state index in [4.69, 9.17) is 0 Å². The van der Waals surface area contributed by atoms with Gasteiger partial charge in [-0.3, -0.25) is 0 Å². The molecule has 0 bridgehead atoms. The Kier molecular flexibility index (Phi) is 4.76. The van der Waals surface area contributed by atoms with Gasteiger partial charge in [-0.15, -0.1) is 10.2 Å². The standard InChI is InChI=1S/C18H24N6/c1-5-23-15(4)21-22-18(23)12-20-13(2)16-6-8-17(9-7-16)24-11-10-19-14(24)3/h6-11,13,20H,5,12H2,1-4H3/t13-/m0/s1. The molecule has 0 saturated heterocycles. The van der Waals surface area contributed by atoms with E-state index in [2.05, 4.69) is 67.7 Å². The summed E-state index contributed by atoms with van der Waals surface area (Å²) in [6, 6.07) is 8.80. The van der Waals surface area contributed by atoms with Crippen LogP contribution in [-0.2, 0) is 13.1 Å².